The van der Waals surface area contributed by atoms with Crippen LogP contribution in [0.25, 0.3) is 0 Å². The topological polar surface area (TPSA) is 88.9 Å². The van der Waals surface area contributed by atoms with E-state index >= 15 is 0 Å². The van der Waals surface area contributed by atoms with Gasteiger partial charge in [0.1, 0.15) is 0 Å². The maximum absolute atomic E-state index is 12.9. The number of amides is 2. The summed E-state index contributed by atoms with van der Waals surface area (Å²) in [6, 6.07) is 12.0. The van der Waals surface area contributed by atoms with E-state index in [4.69, 9.17) is 23.2 Å². The Balaban J connectivity index is 1.71. The van der Waals surface area contributed by atoms with Gasteiger partial charge in [0.2, 0.25) is 5.91 Å². The van der Waals surface area contributed by atoms with Crippen LogP contribution in [0.3, 0.4) is 0 Å². The maximum Gasteiger partial charge on any atom is 0.251 e. The number of nitrogens with one attached hydrogen (secondary N) is 2. The minimum Gasteiger partial charge on any atom is -0.342 e. The molecular weight excluding hydrogens is 493 g/mol. The first-order chi connectivity index (χ1) is 16.2. The Morgan fingerprint density at radius 2 is 1.76 bits per heavy atom. The number of carbonyl (C=O) groups is 2. The van der Waals surface area contributed by atoms with Gasteiger partial charge in [-0.3, -0.25) is 9.59 Å². The molecule has 10 heteroatoms. The second-order valence-corrected chi connectivity index (χ2v) is 9.87. The number of thioether (sulfide) groups is 1. The van der Waals surface area contributed by atoms with Crippen LogP contribution in [-0.4, -0.2) is 32.3 Å². The van der Waals surface area contributed by atoms with Crippen molar-refractivity contribution in [2.24, 2.45) is 5.92 Å². The van der Waals surface area contributed by atoms with Crippen molar-refractivity contribution < 1.29 is 9.59 Å². The van der Waals surface area contributed by atoms with Crippen molar-refractivity contribution in [2.75, 3.05) is 11.1 Å². The highest BCUT2D eigenvalue weighted by Crippen LogP contribution is 2.27. The molecule has 7 nitrogen and oxygen atoms in total. The molecule has 1 heterocycles. The summed E-state index contributed by atoms with van der Waals surface area (Å²) >= 11 is 13.3. The van der Waals surface area contributed by atoms with Gasteiger partial charge in [0.25, 0.3) is 5.91 Å². The molecule has 1 atom stereocenters. The minimum absolute atomic E-state index is 0.0453. The van der Waals surface area contributed by atoms with Gasteiger partial charge in [-0.15, -0.1) is 10.2 Å². The predicted octanol–water partition coefficient (Wildman–Crippen LogP) is 5.77. The monoisotopic (exact) mass is 519 g/mol. The molecule has 0 bridgehead atoms. The second-order valence-electron chi connectivity index (χ2n) is 8.11. The highest BCUT2D eigenvalue weighted by Gasteiger charge is 2.26. The average Bonchev–Trinajstić information content (AvgIpc) is 3.21. The van der Waals surface area contributed by atoms with Gasteiger partial charge in [0.15, 0.2) is 11.0 Å². The summed E-state index contributed by atoms with van der Waals surface area (Å²) in [6.45, 7) is 8.55. The number of benzene rings is 2. The molecule has 3 rings (SSSR count). The van der Waals surface area contributed by atoms with Crippen LogP contribution >= 0.6 is 35.0 Å². The fourth-order valence-corrected chi connectivity index (χ4v) is 4.40. The Kier molecular flexibility index (Phi) is 8.99. The molecule has 0 saturated heterocycles. The van der Waals surface area contributed by atoms with Crippen LogP contribution in [-0.2, 0) is 11.3 Å². The Morgan fingerprint density at radius 3 is 2.38 bits per heavy atom. The Morgan fingerprint density at radius 1 is 1.06 bits per heavy atom. The van der Waals surface area contributed by atoms with Gasteiger partial charge in [-0.05, 0) is 50.1 Å². The normalized spacial score (nSPS) is 12.0. The third kappa shape index (κ3) is 6.52. The molecule has 0 spiro atoms. The summed E-state index contributed by atoms with van der Waals surface area (Å²) in [5, 5.41) is 15.9. The lowest BCUT2D eigenvalue weighted by Crippen LogP contribution is -2.33. The zero-order valence-corrected chi connectivity index (χ0v) is 21.8. The molecule has 0 aliphatic rings. The molecule has 2 amide bonds. The van der Waals surface area contributed by atoms with E-state index in [0.29, 0.717) is 33.1 Å². The molecule has 34 heavy (non-hydrogen) atoms. The first kappa shape index (κ1) is 26.1. The van der Waals surface area contributed by atoms with Crippen LogP contribution in [0, 0.1) is 12.8 Å². The van der Waals surface area contributed by atoms with E-state index in [1.54, 1.807) is 12.1 Å². The van der Waals surface area contributed by atoms with Gasteiger partial charge < -0.3 is 15.2 Å². The van der Waals surface area contributed by atoms with E-state index in [9.17, 15) is 9.59 Å². The van der Waals surface area contributed by atoms with Gasteiger partial charge in [-0.25, -0.2) is 0 Å². The third-order valence-corrected chi connectivity index (χ3v) is 6.85. The summed E-state index contributed by atoms with van der Waals surface area (Å²) in [7, 11) is 0. The van der Waals surface area contributed by atoms with E-state index in [1.165, 1.54) is 17.8 Å². The van der Waals surface area contributed by atoms with Crippen molar-refractivity contribution in [2.45, 2.75) is 45.4 Å². The summed E-state index contributed by atoms with van der Waals surface area (Å²) in [5.74, 6) is 0.453. The zero-order chi connectivity index (χ0) is 24.8. The van der Waals surface area contributed by atoms with Crippen LogP contribution in [0.5, 0.6) is 0 Å². The van der Waals surface area contributed by atoms with Crippen molar-refractivity contribution in [1.82, 2.24) is 20.1 Å². The predicted molar refractivity (Wildman–Crippen MR) is 138 cm³/mol. The molecule has 0 unspecified atom stereocenters. The first-order valence-electron chi connectivity index (χ1n) is 10.9. The quantitative estimate of drug-likeness (QED) is 0.350. The maximum atomic E-state index is 12.9. The number of hydrogen-bond donors (Lipinski definition) is 2. The van der Waals surface area contributed by atoms with Crippen molar-refractivity contribution in [3.05, 3.63) is 69.5 Å². The van der Waals surface area contributed by atoms with Crippen LogP contribution in [0.4, 0.5) is 5.69 Å². The molecule has 180 valence electrons. The molecule has 0 saturated carbocycles. The highest BCUT2D eigenvalue weighted by molar-refractivity contribution is 7.99. The smallest absolute Gasteiger partial charge is 0.251 e. The van der Waals surface area contributed by atoms with Crippen molar-refractivity contribution >= 4 is 52.5 Å². The average molecular weight is 520 g/mol. The van der Waals surface area contributed by atoms with Crippen LogP contribution in [0.15, 0.2) is 47.6 Å². The second kappa shape index (κ2) is 11.7. The molecule has 0 radical (unpaired) electrons. The van der Waals surface area contributed by atoms with Crippen LogP contribution in [0.1, 0.15) is 48.6 Å². The number of aromatic nitrogens is 3. The van der Waals surface area contributed by atoms with Crippen molar-refractivity contribution in [3.63, 3.8) is 0 Å². The third-order valence-electron chi connectivity index (χ3n) is 5.14. The Bertz CT molecular complexity index is 1160. The van der Waals surface area contributed by atoms with Gasteiger partial charge in [0.05, 0.1) is 21.8 Å². The summed E-state index contributed by atoms with van der Waals surface area (Å²) in [6.07, 6.45) is 0. The van der Waals surface area contributed by atoms with E-state index in [0.717, 1.165) is 11.3 Å². The van der Waals surface area contributed by atoms with E-state index in [-0.39, 0.29) is 29.5 Å². The van der Waals surface area contributed by atoms with E-state index in [2.05, 4.69) is 20.8 Å². The van der Waals surface area contributed by atoms with Gasteiger partial charge in [-0.1, -0.05) is 66.5 Å². The molecule has 3 aromatic rings. The fourth-order valence-electron chi connectivity index (χ4n) is 3.29. The zero-order valence-electron chi connectivity index (χ0n) is 19.4. The number of hydrogen-bond acceptors (Lipinski definition) is 5. The molecular formula is C24H27Cl2N5O2S. The number of carbonyl (C=O) groups excluding carboxylic acids is 2. The van der Waals surface area contributed by atoms with Crippen molar-refractivity contribution in [1.29, 1.82) is 0 Å². The molecule has 2 N–H and O–H groups in total. The largest absolute Gasteiger partial charge is 0.342 e. The van der Waals surface area contributed by atoms with Gasteiger partial charge in [-0.2, -0.15) is 0 Å². The lowest BCUT2D eigenvalue weighted by molar-refractivity contribution is -0.113. The summed E-state index contributed by atoms with van der Waals surface area (Å²) in [5.41, 5.74) is 2.28. The van der Waals surface area contributed by atoms with Gasteiger partial charge in [0, 0.05) is 17.8 Å². The summed E-state index contributed by atoms with van der Waals surface area (Å²) in [4.78, 5) is 25.3. The van der Waals surface area contributed by atoms with Crippen LogP contribution < -0.4 is 10.6 Å². The fraction of sp³-hybridized carbons (Fsp3) is 0.333. The molecule has 0 aliphatic carbocycles. The SMILES string of the molecule is CCn1c(SCC(=O)Nc2ccc(C)cc2)nnc1[C@@H](NC(=O)c1ccc(Cl)c(Cl)c1)C(C)C. The Hall–Kier alpha value is -2.55. The highest BCUT2D eigenvalue weighted by atomic mass is 35.5. The van der Waals surface area contributed by atoms with Crippen molar-refractivity contribution in [3.8, 4) is 0 Å². The van der Waals surface area contributed by atoms with E-state index in [1.807, 2.05) is 56.5 Å². The lowest BCUT2D eigenvalue weighted by Gasteiger charge is -2.22. The van der Waals surface area contributed by atoms with E-state index < -0.39 is 0 Å². The standard InChI is InChI=1S/C24H27Cl2N5O2S/c1-5-31-22(21(14(2)3)28-23(33)16-8-11-18(25)19(26)12-16)29-30-24(31)34-13-20(32)27-17-9-6-15(4)7-10-17/h6-12,14,21H,5,13H2,1-4H3,(H,27,32)(H,28,33)/t21-/m0/s1. The molecule has 2 aromatic carbocycles. The number of anilines is 1. The number of aryl methyl sites for hydroxylation is 1. The lowest BCUT2D eigenvalue weighted by atomic mass is 10.0. The number of halogens is 2. The Labute approximate surface area is 213 Å². The first-order valence-corrected chi connectivity index (χ1v) is 12.6. The molecule has 1 aromatic heterocycles. The van der Waals surface area contributed by atoms with Gasteiger partial charge >= 0.3 is 0 Å². The molecule has 0 aliphatic heterocycles. The van der Waals surface area contributed by atoms with Crippen LogP contribution in [0.2, 0.25) is 10.0 Å². The molecule has 0 fully saturated rings. The summed E-state index contributed by atoms with van der Waals surface area (Å²) < 4.78 is 1.92. The number of rotatable bonds is 9. The minimum atomic E-state index is -0.384. The number of nitrogens with zero attached hydrogens (tertiary/aromatic N) is 3.